The highest BCUT2D eigenvalue weighted by molar-refractivity contribution is 5.93. The number of hydrogen-bond donors (Lipinski definition) is 2. The largest absolute Gasteiger partial charge is 0.458 e. The molecule has 0 bridgehead atoms. The Kier molecular flexibility index (Phi) is 3.47. The number of ether oxygens (including phenoxy) is 1. The van der Waals surface area contributed by atoms with E-state index in [2.05, 4.69) is 0 Å². The maximum absolute atomic E-state index is 14.6. The third-order valence-electron chi connectivity index (χ3n) is 7.05. The Hall–Kier alpha value is -3.10. The van der Waals surface area contributed by atoms with Crippen LogP contribution in [-0.2, 0) is 34.7 Å². The summed E-state index contributed by atoms with van der Waals surface area (Å²) in [6, 6.07) is 2.81. The van der Waals surface area contributed by atoms with Gasteiger partial charge in [0.2, 0.25) is 0 Å². The fraction of sp³-hybridized carbons (Fsp3) is 0.348. The highest BCUT2D eigenvalue weighted by atomic mass is 19.1. The third-order valence-corrected chi connectivity index (χ3v) is 7.05. The van der Waals surface area contributed by atoms with Crippen molar-refractivity contribution in [1.29, 1.82) is 0 Å². The molecular formula is C23H20FN3O4. The molecule has 8 heteroatoms. The SMILES string of the molecule is Cc1c(F)cc2nc3c(c4c2c1CCC4N)Cn1c-3cc2c(c1=O)COC(=O)C2(C)O. The van der Waals surface area contributed by atoms with Crippen LogP contribution in [-0.4, -0.2) is 20.6 Å². The van der Waals surface area contributed by atoms with E-state index in [1.807, 2.05) is 0 Å². The standard InChI is InChI=1S/C23H20FN3O4/c1-9-10-3-4-15(25)18-11-7-27-17(20(11)26-16(19(10)18)6-14(9)24)5-13-12(21(27)28)8-31-22(29)23(13,2)30/h5-6,15,30H,3-4,7-8,25H2,1-2H3. The molecule has 3 aliphatic rings. The van der Waals surface area contributed by atoms with Crippen molar-refractivity contribution in [2.45, 2.75) is 51.5 Å². The number of carbonyl (C=O) groups excluding carboxylic acids is 1. The van der Waals surface area contributed by atoms with E-state index in [0.717, 1.165) is 22.1 Å². The Morgan fingerprint density at radius 2 is 2.06 bits per heavy atom. The molecule has 1 aromatic carbocycles. The van der Waals surface area contributed by atoms with E-state index in [1.54, 1.807) is 17.6 Å². The summed E-state index contributed by atoms with van der Waals surface area (Å²) >= 11 is 0. The zero-order chi connectivity index (χ0) is 21.8. The zero-order valence-electron chi connectivity index (χ0n) is 17.1. The van der Waals surface area contributed by atoms with Crippen LogP contribution in [0.15, 0.2) is 16.9 Å². The lowest BCUT2D eigenvalue weighted by Crippen LogP contribution is -2.42. The summed E-state index contributed by atoms with van der Waals surface area (Å²) in [7, 11) is 0. The number of esters is 1. The van der Waals surface area contributed by atoms with Gasteiger partial charge in [-0.05, 0) is 49.4 Å². The molecule has 0 spiro atoms. The molecule has 0 saturated carbocycles. The Labute approximate surface area is 176 Å². The Morgan fingerprint density at radius 3 is 2.84 bits per heavy atom. The number of aliphatic hydroxyl groups is 1. The number of nitrogens with two attached hydrogens (primary N) is 1. The Morgan fingerprint density at radius 1 is 1.29 bits per heavy atom. The lowest BCUT2D eigenvalue weighted by molar-refractivity contribution is -0.169. The molecule has 0 saturated heterocycles. The van der Waals surface area contributed by atoms with E-state index in [-0.39, 0.29) is 41.7 Å². The second-order valence-electron chi connectivity index (χ2n) is 8.82. The minimum Gasteiger partial charge on any atom is -0.458 e. The van der Waals surface area contributed by atoms with Crippen LogP contribution >= 0.6 is 0 Å². The number of carbonyl (C=O) groups is 1. The van der Waals surface area contributed by atoms with Crippen LogP contribution in [0.3, 0.4) is 0 Å². The maximum atomic E-state index is 14.6. The zero-order valence-corrected chi connectivity index (χ0v) is 17.1. The van der Waals surface area contributed by atoms with Gasteiger partial charge in [-0.3, -0.25) is 4.79 Å². The van der Waals surface area contributed by atoms with Crippen molar-refractivity contribution in [3.8, 4) is 11.4 Å². The fourth-order valence-electron chi connectivity index (χ4n) is 5.34. The molecule has 0 fully saturated rings. The van der Waals surface area contributed by atoms with Gasteiger partial charge < -0.3 is 20.1 Å². The number of aromatic nitrogens is 2. The van der Waals surface area contributed by atoms with Crippen molar-refractivity contribution >= 4 is 16.9 Å². The van der Waals surface area contributed by atoms with Gasteiger partial charge in [-0.2, -0.15) is 0 Å². The van der Waals surface area contributed by atoms with Gasteiger partial charge in [0.1, 0.15) is 12.4 Å². The van der Waals surface area contributed by atoms with Crippen LogP contribution in [0.1, 0.15) is 52.8 Å². The smallest absolute Gasteiger partial charge is 0.342 e. The average Bonchev–Trinajstić information content (AvgIpc) is 3.09. The summed E-state index contributed by atoms with van der Waals surface area (Å²) < 4.78 is 21.2. The summed E-state index contributed by atoms with van der Waals surface area (Å²) in [4.78, 5) is 30.1. The molecule has 0 amide bonds. The van der Waals surface area contributed by atoms with Crippen LogP contribution in [0.2, 0.25) is 0 Å². The fourth-order valence-corrected chi connectivity index (χ4v) is 5.34. The molecule has 2 unspecified atom stereocenters. The average molecular weight is 421 g/mol. The molecule has 4 heterocycles. The predicted molar refractivity (Wildman–Crippen MR) is 110 cm³/mol. The van der Waals surface area contributed by atoms with Gasteiger partial charge in [0.25, 0.3) is 5.56 Å². The van der Waals surface area contributed by atoms with Crippen molar-refractivity contribution in [1.82, 2.24) is 9.55 Å². The summed E-state index contributed by atoms with van der Waals surface area (Å²) in [5.41, 5.74) is 9.56. The first-order valence-corrected chi connectivity index (χ1v) is 10.3. The lowest BCUT2D eigenvalue weighted by atomic mass is 9.82. The van der Waals surface area contributed by atoms with E-state index in [0.29, 0.717) is 35.3 Å². The van der Waals surface area contributed by atoms with Gasteiger partial charge in [-0.15, -0.1) is 0 Å². The van der Waals surface area contributed by atoms with Crippen LogP contribution in [0.25, 0.3) is 22.3 Å². The topological polar surface area (TPSA) is 107 Å². The first-order chi connectivity index (χ1) is 14.7. The molecule has 7 nitrogen and oxygen atoms in total. The molecule has 158 valence electrons. The van der Waals surface area contributed by atoms with Gasteiger partial charge in [0.05, 0.1) is 29.0 Å². The molecule has 2 aromatic heterocycles. The van der Waals surface area contributed by atoms with Crippen LogP contribution in [0.5, 0.6) is 0 Å². The minimum atomic E-state index is -1.93. The quantitative estimate of drug-likeness (QED) is 0.421. The first kappa shape index (κ1) is 18.7. The maximum Gasteiger partial charge on any atom is 0.342 e. The number of nitrogens with zero attached hydrogens (tertiary/aromatic N) is 2. The van der Waals surface area contributed by atoms with Gasteiger partial charge in [-0.1, -0.05) is 0 Å². The number of benzene rings is 1. The Balaban J connectivity index is 1.71. The van der Waals surface area contributed by atoms with E-state index >= 15 is 0 Å². The number of pyridine rings is 2. The second-order valence-corrected chi connectivity index (χ2v) is 8.82. The minimum absolute atomic E-state index is 0.184. The number of fused-ring (bicyclic) bond motifs is 5. The number of cyclic esters (lactones) is 1. The van der Waals surface area contributed by atoms with E-state index < -0.39 is 11.6 Å². The summed E-state index contributed by atoms with van der Waals surface area (Å²) in [6.07, 6.45) is 1.36. The monoisotopic (exact) mass is 421 g/mol. The van der Waals surface area contributed by atoms with E-state index in [9.17, 15) is 19.1 Å². The summed E-state index contributed by atoms with van der Waals surface area (Å²) in [6.45, 7) is 3.19. The summed E-state index contributed by atoms with van der Waals surface area (Å²) in [5.74, 6) is -1.11. The summed E-state index contributed by atoms with van der Waals surface area (Å²) in [5, 5.41) is 11.6. The molecule has 2 atom stereocenters. The molecule has 1 aliphatic carbocycles. The first-order valence-electron chi connectivity index (χ1n) is 10.3. The highest BCUT2D eigenvalue weighted by Crippen LogP contribution is 2.44. The van der Waals surface area contributed by atoms with Gasteiger partial charge >= 0.3 is 5.97 Å². The van der Waals surface area contributed by atoms with Crippen LogP contribution in [0, 0.1) is 12.7 Å². The van der Waals surface area contributed by atoms with E-state index in [4.69, 9.17) is 15.5 Å². The molecule has 31 heavy (non-hydrogen) atoms. The molecule has 2 aliphatic heterocycles. The molecule has 3 N–H and O–H groups in total. The van der Waals surface area contributed by atoms with Crippen LogP contribution in [0.4, 0.5) is 4.39 Å². The molecular weight excluding hydrogens is 401 g/mol. The molecule has 6 rings (SSSR count). The van der Waals surface area contributed by atoms with Crippen molar-refractivity contribution < 1.29 is 19.0 Å². The van der Waals surface area contributed by atoms with Crippen LogP contribution < -0.4 is 11.3 Å². The highest BCUT2D eigenvalue weighted by Gasteiger charge is 2.43. The van der Waals surface area contributed by atoms with Crippen molar-refractivity contribution in [3.63, 3.8) is 0 Å². The number of hydrogen-bond acceptors (Lipinski definition) is 6. The number of rotatable bonds is 0. The third kappa shape index (κ3) is 2.21. The van der Waals surface area contributed by atoms with Gasteiger partial charge in [0.15, 0.2) is 5.60 Å². The van der Waals surface area contributed by atoms with Crippen molar-refractivity contribution in [2.75, 3.05) is 0 Å². The predicted octanol–water partition coefficient (Wildman–Crippen LogP) is 2.08. The molecule has 3 aromatic rings. The van der Waals surface area contributed by atoms with Crippen molar-refractivity contribution in [3.05, 3.63) is 61.7 Å². The molecule has 0 radical (unpaired) electrons. The van der Waals surface area contributed by atoms with Crippen molar-refractivity contribution in [2.24, 2.45) is 5.73 Å². The number of aryl methyl sites for hydroxylation is 1. The number of halogens is 1. The van der Waals surface area contributed by atoms with Gasteiger partial charge in [-0.25, -0.2) is 14.2 Å². The van der Waals surface area contributed by atoms with Gasteiger partial charge in [0, 0.05) is 28.6 Å². The Bertz CT molecular complexity index is 1420. The lowest BCUT2D eigenvalue weighted by Gasteiger charge is -2.29. The normalized spacial score (nSPS) is 23.4. The van der Waals surface area contributed by atoms with E-state index in [1.165, 1.54) is 13.0 Å². The second kappa shape index (κ2) is 5.77.